The minimum absolute atomic E-state index is 0.115. The van der Waals surface area contributed by atoms with Crippen molar-refractivity contribution in [1.82, 2.24) is 5.32 Å². The van der Waals surface area contributed by atoms with E-state index in [1.54, 1.807) is 25.1 Å². The van der Waals surface area contributed by atoms with Gasteiger partial charge >= 0.3 is 0 Å². The second-order valence-electron chi connectivity index (χ2n) is 4.76. The largest absolute Gasteiger partial charge is 0.493 e. The van der Waals surface area contributed by atoms with E-state index >= 15 is 0 Å². The summed E-state index contributed by atoms with van der Waals surface area (Å²) in [6.07, 6.45) is 0.707. The van der Waals surface area contributed by atoms with Gasteiger partial charge in [0.2, 0.25) is 0 Å². The van der Waals surface area contributed by atoms with E-state index in [1.165, 1.54) is 0 Å². The van der Waals surface area contributed by atoms with Crippen molar-refractivity contribution in [2.75, 3.05) is 6.61 Å². The van der Waals surface area contributed by atoms with Crippen LogP contribution in [0.2, 0.25) is 5.02 Å². The highest BCUT2D eigenvalue weighted by atomic mass is 35.5. The number of aryl methyl sites for hydroxylation is 1. The maximum atomic E-state index is 12.1. The highest BCUT2D eigenvalue weighted by molar-refractivity contribution is 6.30. The standard InChI is InChI=1S/C15H14ClNO3/c1-9-2-4-14(20-9)15(18)17-12-6-7-19-13-5-3-10(16)8-11(12)13/h2-5,8,12H,6-7H2,1H3,(H,17,18). The average molecular weight is 292 g/mol. The third-order valence-electron chi connectivity index (χ3n) is 3.28. The molecule has 0 spiro atoms. The van der Waals surface area contributed by atoms with Crippen LogP contribution in [0.3, 0.4) is 0 Å². The van der Waals surface area contributed by atoms with Crippen LogP contribution in [0.4, 0.5) is 0 Å². The number of rotatable bonds is 2. The fourth-order valence-corrected chi connectivity index (χ4v) is 2.48. The Morgan fingerprint density at radius 2 is 2.20 bits per heavy atom. The number of amides is 1. The first-order valence-corrected chi connectivity index (χ1v) is 6.81. The van der Waals surface area contributed by atoms with Gasteiger partial charge in [-0.2, -0.15) is 0 Å². The summed E-state index contributed by atoms with van der Waals surface area (Å²) in [4.78, 5) is 12.1. The zero-order chi connectivity index (χ0) is 14.1. The van der Waals surface area contributed by atoms with E-state index in [4.69, 9.17) is 20.8 Å². The molecule has 0 aliphatic carbocycles. The molecule has 0 radical (unpaired) electrons. The summed E-state index contributed by atoms with van der Waals surface area (Å²) in [5.74, 6) is 1.57. The summed E-state index contributed by atoms with van der Waals surface area (Å²) in [6, 6.07) is 8.75. The topological polar surface area (TPSA) is 51.5 Å². The van der Waals surface area contributed by atoms with E-state index < -0.39 is 0 Å². The molecule has 1 aliphatic rings. The Bertz CT molecular complexity index is 650. The number of benzene rings is 1. The maximum Gasteiger partial charge on any atom is 0.287 e. The molecule has 1 atom stereocenters. The molecule has 1 aromatic heterocycles. The molecule has 0 fully saturated rings. The lowest BCUT2D eigenvalue weighted by Gasteiger charge is -2.26. The molecule has 4 nitrogen and oxygen atoms in total. The molecular weight excluding hydrogens is 278 g/mol. The lowest BCUT2D eigenvalue weighted by atomic mass is 10.0. The summed E-state index contributed by atoms with van der Waals surface area (Å²) < 4.78 is 10.9. The summed E-state index contributed by atoms with van der Waals surface area (Å²) in [7, 11) is 0. The van der Waals surface area contributed by atoms with Crippen molar-refractivity contribution in [2.45, 2.75) is 19.4 Å². The van der Waals surface area contributed by atoms with E-state index in [1.807, 2.05) is 12.1 Å². The monoisotopic (exact) mass is 291 g/mol. The zero-order valence-corrected chi connectivity index (χ0v) is 11.7. The van der Waals surface area contributed by atoms with Crippen molar-refractivity contribution in [3.05, 3.63) is 52.4 Å². The number of fused-ring (bicyclic) bond motifs is 1. The Kier molecular flexibility index (Phi) is 3.40. The smallest absolute Gasteiger partial charge is 0.287 e. The van der Waals surface area contributed by atoms with Gasteiger partial charge in [-0.05, 0) is 37.3 Å². The highest BCUT2D eigenvalue weighted by Gasteiger charge is 2.24. The Morgan fingerprint density at radius 3 is 2.95 bits per heavy atom. The normalized spacial score (nSPS) is 17.2. The molecule has 104 valence electrons. The predicted octanol–water partition coefficient (Wildman–Crippen LogP) is 3.50. The summed E-state index contributed by atoms with van der Waals surface area (Å²) in [6.45, 7) is 2.37. The molecule has 0 saturated carbocycles. The number of hydrogen-bond donors (Lipinski definition) is 1. The molecule has 1 N–H and O–H groups in total. The first kappa shape index (κ1) is 13.1. The SMILES string of the molecule is Cc1ccc(C(=O)NC2CCOc3ccc(Cl)cc32)o1. The lowest BCUT2D eigenvalue weighted by Crippen LogP contribution is -2.31. The summed E-state index contributed by atoms with van der Waals surface area (Å²) in [5, 5.41) is 3.59. The van der Waals surface area contributed by atoms with Gasteiger partial charge in [0.15, 0.2) is 5.76 Å². The second-order valence-corrected chi connectivity index (χ2v) is 5.19. The van der Waals surface area contributed by atoms with Gasteiger partial charge < -0.3 is 14.5 Å². The minimum Gasteiger partial charge on any atom is -0.493 e. The Labute approximate surface area is 121 Å². The van der Waals surface area contributed by atoms with Crippen LogP contribution >= 0.6 is 11.6 Å². The van der Waals surface area contributed by atoms with Crippen molar-refractivity contribution in [1.29, 1.82) is 0 Å². The van der Waals surface area contributed by atoms with Crippen molar-refractivity contribution < 1.29 is 13.9 Å². The van der Waals surface area contributed by atoms with Crippen molar-refractivity contribution in [2.24, 2.45) is 0 Å². The molecule has 2 heterocycles. The Balaban J connectivity index is 1.82. The predicted molar refractivity (Wildman–Crippen MR) is 75.2 cm³/mol. The van der Waals surface area contributed by atoms with Gasteiger partial charge in [0.1, 0.15) is 11.5 Å². The van der Waals surface area contributed by atoms with Crippen LogP contribution in [-0.4, -0.2) is 12.5 Å². The third kappa shape index (κ3) is 2.51. The van der Waals surface area contributed by atoms with Crippen LogP contribution in [0, 0.1) is 6.92 Å². The van der Waals surface area contributed by atoms with E-state index in [0.29, 0.717) is 29.6 Å². The molecule has 2 aromatic rings. The number of halogens is 1. The van der Waals surface area contributed by atoms with Crippen molar-refractivity contribution in [3.63, 3.8) is 0 Å². The number of ether oxygens (including phenoxy) is 1. The maximum absolute atomic E-state index is 12.1. The van der Waals surface area contributed by atoms with Crippen LogP contribution in [0.1, 0.15) is 34.3 Å². The molecule has 3 rings (SSSR count). The first-order chi connectivity index (χ1) is 9.63. The number of carbonyl (C=O) groups excluding carboxylic acids is 1. The summed E-state index contributed by atoms with van der Waals surface area (Å²) in [5.41, 5.74) is 0.903. The number of carbonyl (C=O) groups is 1. The fourth-order valence-electron chi connectivity index (χ4n) is 2.30. The fraction of sp³-hybridized carbons (Fsp3) is 0.267. The number of nitrogens with one attached hydrogen (secondary N) is 1. The molecule has 1 aliphatic heterocycles. The molecule has 20 heavy (non-hydrogen) atoms. The van der Waals surface area contributed by atoms with Crippen LogP contribution in [0.5, 0.6) is 5.75 Å². The Morgan fingerprint density at radius 1 is 1.35 bits per heavy atom. The molecule has 1 amide bonds. The molecule has 5 heteroatoms. The van der Waals surface area contributed by atoms with Crippen molar-refractivity contribution in [3.8, 4) is 5.75 Å². The lowest BCUT2D eigenvalue weighted by molar-refractivity contribution is 0.0895. The van der Waals surface area contributed by atoms with Gasteiger partial charge in [-0.3, -0.25) is 4.79 Å². The average Bonchev–Trinajstić information content (AvgIpc) is 2.86. The van der Waals surface area contributed by atoms with Crippen LogP contribution in [0.25, 0.3) is 0 Å². The third-order valence-corrected chi connectivity index (χ3v) is 3.52. The van der Waals surface area contributed by atoms with Crippen LogP contribution in [-0.2, 0) is 0 Å². The first-order valence-electron chi connectivity index (χ1n) is 6.43. The summed E-state index contributed by atoms with van der Waals surface area (Å²) >= 11 is 6.01. The Hall–Kier alpha value is -1.94. The van der Waals surface area contributed by atoms with E-state index in [2.05, 4.69) is 5.32 Å². The van der Waals surface area contributed by atoms with Gasteiger partial charge in [0, 0.05) is 17.0 Å². The van der Waals surface area contributed by atoms with Gasteiger partial charge in [-0.1, -0.05) is 11.6 Å². The molecule has 1 unspecified atom stereocenters. The molecule has 0 saturated heterocycles. The minimum atomic E-state index is -0.226. The number of hydrogen-bond acceptors (Lipinski definition) is 3. The highest BCUT2D eigenvalue weighted by Crippen LogP contribution is 2.34. The van der Waals surface area contributed by atoms with Crippen LogP contribution < -0.4 is 10.1 Å². The van der Waals surface area contributed by atoms with Gasteiger partial charge in [-0.25, -0.2) is 0 Å². The quantitative estimate of drug-likeness (QED) is 0.921. The van der Waals surface area contributed by atoms with E-state index in [9.17, 15) is 4.79 Å². The van der Waals surface area contributed by atoms with Crippen molar-refractivity contribution >= 4 is 17.5 Å². The van der Waals surface area contributed by atoms with Crippen LogP contribution in [0.15, 0.2) is 34.7 Å². The van der Waals surface area contributed by atoms with E-state index in [-0.39, 0.29) is 11.9 Å². The van der Waals surface area contributed by atoms with Gasteiger partial charge in [0.25, 0.3) is 5.91 Å². The number of furan rings is 1. The zero-order valence-electron chi connectivity index (χ0n) is 11.0. The molecular formula is C15H14ClNO3. The van der Waals surface area contributed by atoms with Gasteiger partial charge in [-0.15, -0.1) is 0 Å². The van der Waals surface area contributed by atoms with E-state index in [0.717, 1.165) is 11.3 Å². The molecule has 0 bridgehead atoms. The molecule has 1 aromatic carbocycles. The second kappa shape index (κ2) is 5.21. The van der Waals surface area contributed by atoms with Gasteiger partial charge in [0.05, 0.1) is 12.6 Å².